The monoisotopic (exact) mass is 418 g/mol. The van der Waals surface area contributed by atoms with Crippen molar-refractivity contribution in [2.45, 2.75) is 53.6 Å². The summed E-state index contributed by atoms with van der Waals surface area (Å²) >= 11 is 0. The van der Waals surface area contributed by atoms with Gasteiger partial charge in [0.2, 0.25) is 5.78 Å². The minimum atomic E-state index is -0.859. The lowest BCUT2D eigenvalue weighted by Crippen LogP contribution is -2.25. The van der Waals surface area contributed by atoms with Crippen molar-refractivity contribution in [1.82, 2.24) is 19.6 Å². The lowest BCUT2D eigenvalue weighted by atomic mass is 10.0. The van der Waals surface area contributed by atoms with Crippen LogP contribution in [0.3, 0.4) is 0 Å². The zero-order valence-corrected chi connectivity index (χ0v) is 18.4. The highest BCUT2D eigenvalue weighted by molar-refractivity contribution is 6.11. The lowest BCUT2D eigenvalue weighted by Gasteiger charge is -2.14. The zero-order valence-electron chi connectivity index (χ0n) is 18.4. The topological polar surface area (TPSA) is 89.3 Å². The van der Waals surface area contributed by atoms with Crippen molar-refractivity contribution in [2.24, 2.45) is 0 Å². The Bertz CT molecular complexity index is 1320. The Kier molecular flexibility index (Phi) is 5.35. The summed E-state index contributed by atoms with van der Waals surface area (Å²) in [6.07, 6.45) is -0.215. The number of benzene rings is 1. The van der Waals surface area contributed by atoms with E-state index in [-0.39, 0.29) is 12.2 Å². The van der Waals surface area contributed by atoms with Crippen molar-refractivity contribution in [2.75, 3.05) is 0 Å². The first-order chi connectivity index (χ1) is 14.8. The van der Waals surface area contributed by atoms with Gasteiger partial charge in [0.25, 0.3) is 0 Å². The molecule has 0 amide bonds. The Morgan fingerprint density at radius 2 is 1.90 bits per heavy atom. The van der Waals surface area contributed by atoms with Crippen LogP contribution in [0.5, 0.6) is 0 Å². The van der Waals surface area contributed by atoms with Gasteiger partial charge in [-0.2, -0.15) is 5.10 Å². The standard InChI is InChI=1S/C24H26N4O3/c1-13-12-21-26-14(2)18(16(4)28(21)27-13)10-11-22(29)31-17(5)24(30)23-15(3)25-20-9-7-6-8-19(20)23/h6-9,12,17,25H,10-11H2,1-5H3/t17-/m1/s1. The molecule has 0 radical (unpaired) electrons. The van der Waals surface area contributed by atoms with E-state index in [1.54, 1.807) is 11.4 Å². The largest absolute Gasteiger partial charge is 0.454 e. The minimum absolute atomic E-state index is 0.166. The second-order valence-electron chi connectivity index (χ2n) is 7.98. The van der Waals surface area contributed by atoms with Crippen LogP contribution in [0.4, 0.5) is 0 Å². The number of aromatic nitrogens is 4. The van der Waals surface area contributed by atoms with Crippen LogP contribution in [0.2, 0.25) is 0 Å². The SMILES string of the molecule is Cc1cc2nc(C)c(CCC(=O)O[C@H](C)C(=O)c3c(C)[nH]c4ccccc34)c(C)n2n1. The van der Waals surface area contributed by atoms with Crippen molar-refractivity contribution >= 4 is 28.3 Å². The van der Waals surface area contributed by atoms with E-state index in [0.29, 0.717) is 12.0 Å². The molecule has 0 fully saturated rings. The second-order valence-corrected chi connectivity index (χ2v) is 7.98. The van der Waals surface area contributed by atoms with Crippen LogP contribution in [-0.2, 0) is 16.0 Å². The summed E-state index contributed by atoms with van der Waals surface area (Å²) < 4.78 is 7.29. The number of fused-ring (bicyclic) bond motifs is 2. The smallest absolute Gasteiger partial charge is 0.306 e. The molecule has 1 aromatic carbocycles. The molecule has 1 atom stereocenters. The molecule has 7 heteroatoms. The Hall–Kier alpha value is -3.48. The van der Waals surface area contributed by atoms with Gasteiger partial charge < -0.3 is 9.72 Å². The first-order valence-corrected chi connectivity index (χ1v) is 10.4. The number of ketones is 1. The van der Waals surface area contributed by atoms with Crippen LogP contribution >= 0.6 is 0 Å². The number of hydrogen-bond donors (Lipinski definition) is 1. The molecule has 4 aromatic rings. The van der Waals surface area contributed by atoms with Crippen molar-refractivity contribution in [3.63, 3.8) is 0 Å². The molecule has 7 nitrogen and oxygen atoms in total. The summed E-state index contributed by atoms with van der Waals surface area (Å²) in [4.78, 5) is 33.3. The Morgan fingerprint density at radius 3 is 2.68 bits per heavy atom. The maximum atomic E-state index is 13.0. The van der Waals surface area contributed by atoms with Crippen LogP contribution in [0, 0.1) is 27.7 Å². The van der Waals surface area contributed by atoms with Crippen LogP contribution in [-0.4, -0.2) is 37.4 Å². The molecular weight excluding hydrogens is 392 g/mol. The third-order valence-electron chi connectivity index (χ3n) is 5.68. The van der Waals surface area contributed by atoms with E-state index >= 15 is 0 Å². The van der Waals surface area contributed by atoms with Gasteiger partial charge in [0.15, 0.2) is 11.8 Å². The maximum absolute atomic E-state index is 13.0. The molecule has 160 valence electrons. The number of nitrogens with one attached hydrogen (secondary N) is 1. The molecule has 0 aliphatic carbocycles. The third-order valence-corrected chi connectivity index (χ3v) is 5.68. The van der Waals surface area contributed by atoms with Gasteiger partial charge in [0.05, 0.1) is 5.69 Å². The van der Waals surface area contributed by atoms with Gasteiger partial charge in [-0.15, -0.1) is 0 Å². The summed E-state index contributed by atoms with van der Waals surface area (Å²) in [5, 5.41) is 5.31. The van der Waals surface area contributed by atoms with Gasteiger partial charge in [-0.1, -0.05) is 18.2 Å². The molecule has 1 N–H and O–H groups in total. The van der Waals surface area contributed by atoms with E-state index in [9.17, 15) is 9.59 Å². The fourth-order valence-corrected chi connectivity index (χ4v) is 4.14. The number of para-hydroxylation sites is 1. The second kappa shape index (κ2) is 7.98. The van der Waals surface area contributed by atoms with E-state index in [4.69, 9.17) is 4.74 Å². The van der Waals surface area contributed by atoms with Gasteiger partial charge >= 0.3 is 5.97 Å². The van der Waals surface area contributed by atoms with E-state index < -0.39 is 12.1 Å². The average molecular weight is 418 g/mol. The molecule has 0 unspecified atom stereocenters. The minimum Gasteiger partial charge on any atom is -0.454 e. The number of carbonyl (C=O) groups is 2. The number of nitrogens with zero attached hydrogens (tertiary/aromatic N) is 3. The Balaban J connectivity index is 1.46. The molecule has 0 bridgehead atoms. The molecular formula is C24H26N4O3. The van der Waals surface area contributed by atoms with Crippen LogP contribution in [0.25, 0.3) is 16.6 Å². The number of aryl methyl sites for hydroxylation is 4. The van der Waals surface area contributed by atoms with Gasteiger partial charge in [-0.25, -0.2) is 9.50 Å². The number of H-pyrrole nitrogens is 1. The maximum Gasteiger partial charge on any atom is 0.306 e. The molecule has 4 rings (SSSR count). The number of Topliss-reactive ketones (excluding diaryl/α,β-unsaturated/α-hetero) is 1. The summed E-state index contributed by atoms with van der Waals surface area (Å²) in [6.45, 7) is 9.31. The summed E-state index contributed by atoms with van der Waals surface area (Å²) in [5.41, 5.74) is 6.74. The fraction of sp³-hybridized carbons (Fsp3) is 0.333. The van der Waals surface area contributed by atoms with Crippen molar-refractivity contribution in [3.8, 4) is 0 Å². The molecule has 0 spiro atoms. The van der Waals surface area contributed by atoms with Crippen LogP contribution in [0.15, 0.2) is 30.3 Å². The summed E-state index contributed by atoms with van der Waals surface area (Å²) in [5.74, 6) is -0.611. The van der Waals surface area contributed by atoms with Gasteiger partial charge in [-0.3, -0.25) is 9.59 Å². The zero-order chi connectivity index (χ0) is 22.3. The summed E-state index contributed by atoms with van der Waals surface area (Å²) in [6, 6.07) is 9.55. The molecule has 31 heavy (non-hydrogen) atoms. The van der Waals surface area contributed by atoms with Gasteiger partial charge in [0.1, 0.15) is 0 Å². The normalized spacial score (nSPS) is 12.4. The Labute approximate surface area is 180 Å². The van der Waals surface area contributed by atoms with E-state index in [2.05, 4.69) is 15.1 Å². The number of esters is 1. The molecule has 0 aliphatic rings. The molecule has 0 aliphatic heterocycles. The number of ether oxygens (including phenoxy) is 1. The van der Waals surface area contributed by atoms with E-state index in [0.717, 1.165) is 44.9 Å². The number of rotatable bonds is 6. The van der Waals surface area contributed by atoms with Crippen LogP contribution < -0.4 is 0 Å². The van der Waals surface area contributed by atoms with Crippen LogP contribution in [0.1, 0.15) is 52.0 Å². The van der Waals surface area contributed by atoms with Crippen molar-refractivity contribution < 1.29 is 14.3 Å². The predicted octanol–water partition coefficient (Wildman–Crippen LogP) is 4.19. The molecule has 3 heterocycles. The molecule has 0 saturated carbocycles. The van der Waals surface area contributed by atoms with Crippen molar-refractivity contribution in [3.05, 3.63) is 64.2 Å². The highest BCUT2D eigenvalue weighted by Crippen LogP contribution is 2.24. The number of aromatic amines is 1. The quantitative estimate of drug-likeness (QED) is 0.375. The fourth-order valence-electron chi connectivity index (χ4n) is 4.14. The van der Waals surface area contributed by atoms with Gasteiger partial charge in [-0.05, 0) is 52.7 Å². The average Bonchev–Trinajstić information content (AvgIpc) is 3.25. The highest BCUT2D eigenvalue weighted by atomic mass is 16.5. The summed E-state index contributed by atoms with van der Waals surface area (Å²) in [7, 11) is 0. The number of carbonyl (C=O) groups excluding carboxylic acids is 2. The van der Waals surface area contributed by atoms with E-state index in [1.165, 1.54) is 0 Å². The van der Waals surface area contributed by atoms with E-state index in [1.807, 2.05) is 58.0 Å². The highest BCUT2D eigenvalue weighted by Gasteiger charge is 2.24. The van der Waals surface area contributed by atoms with Crippen molar-refractivity contribution in [1.29, 1.82) is 0 Å². The van der Waals surface area contributed by atoms with Gasteiger partial charge in [0, 0.05) is 46.0 Å². The molecule has 0 saturated heterocycles. The first kappa shape index (κ1) is 20.8. The Morgan fingerprint density at radius 1 is 1.16 bits per heavy atom. The predicted molar refractivity (Wildman–Crippen MR) is 118 cm³/mol. The number of hydrogen-bond acceptors (Lipinski definition) is 5. The first-order valence-electron chi connectivity index (χ1n) is 10.4. The lowest BCUT2D eigenvalue weighted by molar-refractivity contribution is -0.146. The molecule has 3 aromatic heterocycles. The third kappa shape index (κ3) is 3.83.